The molecule has 3 nitrogen and oxygen atoms in total. The van der Waals surface area contributed by atoms with Crippen LogP contribution in [-0.2, 0) is 6.54 Å². The van der Waals surface area contributed by atoms with Crippen LogP contribution in [0.2, 0.25) is 5.02 Å². The van der Waals surface area contributed by atoms with Gasteiger partial charge >= 0.3 is 5.97 Å². The lowest BCUT2D eigenvalue weighted by molar-refractivity contribution is 0.0698. The molecule has 0 fully saturated rings. The van der Waals surface area contributed by atoms with Crippen molar-refractivity contribution in [3.05, 3.63) is 50.2 Å². The molecule has 19 heavy (non-hydrogen) atoms. The van der Waals surface area contributed by atoms with Crippen molar-refractivity contribution >= 4 is 34.6 Å². The quantitative estimate of drug-likeness (QED) is 0.882. The highest BCUT2D eigenvalue weighted by Gasteiger charge is 2.11. The number of anilines is 1. The molecule has 0 atom stereocenters. The van der Waals surface area contributed by atoms with Crippen LogP contribution in [0.4, 0.5) is 5.69 Å². The summed E-state index contributed by atoms with van der Waals surface area (Å²) in [5, 5.41) is 12.7. The molecule has 5 heteroatoms. The van der Waals surface area contributed by atoms with Crippen LogP contribution in [0.25, 0.3) is 0 Å². The third-order valence-electron chi connectivity index (χ3n) is 2.88. The predicted molar refractivity (Wildman–Crippen MR) is 79.5 cm³/mol. The maximum atomic E-state index is 11.1. The zero-order valence-electron chi connectivity index (χ0n) is 10.7. The van der Waals surface area contributed by atoms with Gasteiger partial charge in [-0.2, -0.15) is 0 Å². The Balaban J connectivity index is 2.17. The summed E-state index contributed by atoms with van der Waals surface area (Å²) < 4.78 is 0. The summed E-state index contributed by atoms with van der Waals surface area (Å²) in [6.07, 6.45) is 0. The predicted octanol–water partition coefficient (Wildman–Crippen LogP) is 4.33. The first-order valence-corrected chi connectivity index (χ1v) is 6.99. The molecule has 0 saturated carbocycles. The molecule has 0 radical (unpaired) electrons. The molecule has 0 aliphatic rings. The molecule has 0 bridgehead atoms. The highest BCUT2D eigenvalue weighted by atomic mass is 35.5. The van der Waals surface area contributed by atoms with Crippen LogP contribution >= 0.6 is 22.9 Å². The van der Waals surface area contributed by atoms with E-state index < -0.39 is 5.97 Å². The summed E-state index contributed by atoms with van der Waals surface area (Å²) in [6.45, 7) is 4.76. The smallest absolute Gasteiger partial charge is 0.337 e. The number of carboxylic acids is 1. The second-order valence-electron chi connectivity index (χ2n) is 4.30. The number of thiophene rings is 1. The lowest BCUT2D eigenvalue weighted by Gasteiger charge is -2.08. The van der Waals surface area contributed by atoms with Gasteiger partial charge in [-0.1, -0.05) is 11.6 Å². The molecule has 100 valence electrons. The lowest BCUT2D eigenvalue weighted by Crippen LogP contribution is -2.05. The molecule has 2 rings (SSSR count). The molecule has 0 unspecified atom stereocenters. The summed E-state index contributed by atoms with van der Waals surface area (Å²) >= 11 is 7.53. The van der Waals surface area contributed by atoms with Crippen molar-refractivity contribution in [2.75, 3.05) is 5.32 Å². The summed E-state index contributed by atoms with van der Waals surface area (Å²) in [5.74, 6) is -0.983. The Hall–Kier alpha value is -1.52. The van der Waals surface area contributed by atoms with Crippen molar-refractivity contribution in [1.82, 2.24) is 0 Å². The molecule has 0 saturated heterocycles. The maximum Gasteiger partial charge on any atom is 0.337 e. The average molecular weight is 296 g/mol. The monoisotopic (exact) mass is 295 g/mol. The van der Waals surface area contributed by atoms with E-state index in [0.717, 1.165) is 0 Å². The van der Waals surface area contributed by atoms with Gasteiger partial charge in [0.15, 0.2) is 0 Å². The normalized spacial score (nSPS) is 10.5. The zero-order valence-corrected chi connectivity index (χ0v) is 12.2. The van der Waals surface area contributed by atoms with Gasteiger partial charge in [0.2, 0.25) is 0 Å². The van der Waals surface area contributed by atoms with Crippen molar-refractivity contribution in [3.8, 4) is 0 Å². The van der Waals surface area contributed by atoms with Crippen LogP contribution in [0, 0.1) is 13.8 Å². The highest BCUT2D eigenvalue weighted by Crippen LogP contribution is 2.24. The van der Waals surface area contributed by atoms with E-state index in [1.54, 1.807) is 23.5 Å². The molecule has 1 aromatic heterocycles. The maximum absolute atomic E-state index is 11.1. The van der Waals surface area contributed by atoms with Crippen molar-refractivity contribution in [2.45, 2.75) is 20.4 Å². The number of halogens is 1. The van der Waals surface area contributed by atoms with Gasteiger partial charge in [-0.05, 0) is 43.7 Å². The lowest BCUT2D eigenvalue weighted by atomic mass is 10.2. The summed E-state index contributed by atoms with van der Waals surface area (Å²) in [5.41, 5.74) is 2.04. The van der Waals surface area contributed by atoms with E-state index in [1.165, 1.54) is 21.4 Å². The van der Waals surface area contributed by atoms with Gasteiger partial charge in [0.1, 0.15) is 0 Å². The number of carbonyl (C=O) groups is 1. The van der Waals surface area contributed by atoms with Crippen LogP contribution in [-0.4, -0.2) is 11.1 Å². The Kier molecular flexibility index (Phi) is 4.12. The number of benzene rings is 1. The van der Waals surface area contributed by atoms with E-state index in [0.29, 0.717) is 17.3 Å². The van der Waals surface area contributed by atoms with Crippen LogP contribution in [0.15, 0.2) is 24.3 Å². The van der Waals surface area contributed by atoms with Crippen molar-refractivity contribution in [1.29, 1.82) is 0 Å². The number of nitrogens with one attached hydrogen (secondary N) is 1. The third-order valence-corrected chi connectivity index (χ3v) is 4.27. The van der Waals surface area contributed by atoms with E-state index in [4.69, 9.17) is 16.7 Å². The van der Waals surface area contributed by atoms with Gasteiger partial charge in [0.05, 0.1) is 5.56 Å². The van der Waals surface area contributed by atoms with Gasteiger partial charge < -0.3 is 10.4 Å². The fourth-order valence-electron chi connectivity index (χ4n) is 1.77. The number of rotatable bonds is 4. The van der Waals surface area contributed by atoms with Crippen LogP contribution < -0.4 is 5.32 Å². The third kappa shape index (κ3) is 3.28. The van der Waals surface area contributed by atoms with E-state index in [2.05, 4.69) is 25.2 Å². The molecule has 0 amide bonds. The molecule has 2 aromatic rings. The molecule has 0 spiro atoms. The first-order chi connectivity index (χ1) is 8.97. The minimum atomic E-state index is -0.983. The topological polar surface area (TPSA) is 49.3 Å². The minimum absolute atomic E-state index is 0.192. The molecule has 0 aliphatic carbocycles. The van der Waals surface area contributed by atoms with Crippen LogP contribution in [0.3, 0.4) is 0 Å². The summed E-state index contributed by atoms with van der Waals surface area (Å²) in [6, 6.07) is 6.95. The Bertz CT molecular complexity index is 602. The average Bonchev–Trinajstić information content (AvgIpc) is 2.67. The molecule has 0 aliphatic heterocycles. The van der Waals surface area contributed by atoms with Crippen LogP contribution in [0.1, 0.15) is 25.7 Å². The van der Waals surface area contributed by atoms with Crippen molar-refractivity contribution in [2.24, 2.45) is 0 Å². The van der Waals surface area contributed by atoms with Gasteiger partial charge in [-0.25, -0.2) is 4.79 Å². The van der Waals surface area contributed by atoms with Gasteiger partial charge in [0, 0.05) is 27.0 Å². The summed E-state index contributed by atoms with van der Waals surface area (Å²) in [7, 11) is 0. The second kappa shape index (κ2) is 5.63. The molecule has 1 aromatic carbocycles. The summed E-state index contributed by atoms with van der Waals surface area (Å²) in [4.78, 5) is 13.6. The number of carboxylic acid groups (broad SMARTS) is 1. The van der Waals surface area contributed by atoms with E-state index >= 15 is 0 Å². The first kappa shape index (κ1) is 13.9. The van der Waals surface area contributed by atoms with Gasteiger partial charge in [0.25, 0.3) is 0 Å². The number of hydrogen-bond acceptors (Lipinski definition) is 3. The zero-order chi connectivity index (χ0) is 14.0. The van der Waals surface area contributed by atoms with Gasteiger partial charge in [-0.3, -0.25) is 0 Å². The number of hydrogen-bond donors (Lipinski definition) is 2. The van der Waals surface area contributed by atoms with Crippen molar-refractivity contribution in [3.63, 3.8) is 0 Å². The number of aryl methyl sites for hydroxylation is 2. The van der Waals surface area contributed by atoms with Crippen LogP contribution in [0.5, 0.6) is 0 Å². The SMILES string of the molecule is Cc1cc(CNc2ccc(Cl)cc2C(=O)O)sc1C. The first-order valence-electron chi connectivity index (χ1n) is 5.80. The molecular weight excluding hydrogens is 282 g/mol. The molecule has 1 heterocycles. The van der Waals surface area contributed by atoms with E-state index in [1.807, 2.05) is 0 Å². The second-order valence-corrected chi connectivity index (χ2v) is 6.08. The standard InChI is InChI=1S/C14H14ClNO2S/c1-8-5-11(19-9(8)2)7-16-13-4-3-10(15)6-12(13)14(17)18/h3-6,16H,7H2,1-2H3,(H,17,18). The number of aromatic carboxylic acids is 1. The fourth-order valence-corrected chi connectivity index (χ4v) is 2.93. The van der Waals surface area contributed by atoms with Gasteiger partial charge in [-0.15, -0.1) is 11.3 Å². The Morgan fingerprint density at radius 3 is 2.68 bits per heavy atom. The fraction of sp³-hybridized carbons (Fsp3) is 0.214. The molecular formula is C14H14ClNO2S. The Labute approximate surface area is 120 Å². The van der Waals surface area contributed by atoms with Crippen molar-refractivity contribution < 1.29 is 9.90 Å². The largest absolute Gasteiger partial charge is 0.478 e. The van der Waals surface area contributed by atoms with E-state index in [-0.39, 0.29) is 5.56 Å². The molecule has 2 N–H and O–H groups in total. The minimum Gasteiger partial charge on any atom is -0.478 e. The Morgan fingerprint density at radius 1 is 1.37 bits per heavy atom. The van der Waals surface area contributed by atoms with E-state index in [9.17, 15) is 4.79 Å². The highest BCUT2D eigenvalue weighted by molar-refractivity contribution is 7.12. The Morgan fingerprint density at radius 2 is 2.11 bits per heavy atom.